The van der Waals surface area contributed by atoms with Gasteiger partial charge < -0.3 is 9.64 Å². The zero-order valence-electron chi connectivity index (χ0n) is 15.3. The molecule has 0 radical (unpaired) electrons. The highest BCUT2D eigenvalue weighted by Gasteiger charge is 2.27. The lowest BCUT2D eigenvalue weighted by atomic mass is 10.2. The van der Waals surface area contributed by atoms with Crippen molar-refractivity contribution in [3.63, 3.8) is 0 Å². The van der Waals surface area contributed by atoms with Crippen molar-refractivity contribution in [2.75, 3.05) is 26.2 Å². The van der Waals surface area contributed by atoms with E-state index in [1.54, 1.807) is 30.0 Å². The summed E-state index contributed by atoms with van der Waals surface area (Å²) >= 11 is 3.33. The SMILES string of the molecule is CC(OC(=O)c1cccc(Br)c1)C(=O)N1CCN(Cc2ccccc2)CC1. The topological polar surface area (TPSA) is 49.9 Å². The van der Waals surface area contributed by atoms with Crippen molar-refractivity contribution < 1.29 is 14.3 Å². The van der Waals surface area contributed by atoms with E-state index in [1.165, 1.54) is 5.56 Å². The average Bonchev–Trinajstić information content (AvgIpc) is 2.69. The van der Waals surface area contributed by atoms with Crippen LogP contribution in [0.25, 0.3) is 0 Å². The summed E-state index contributed by atoms with van der Waals surface area (Å²) in [5, 5.41) is 0. The molecule has 142 valence electrons. The maximum atomic E-state index is 12.6. The number of piperazine rings is 1. The fourth-order valence-electron chi connectivity index (χ4n) is 3.12. The molecule has 1 saturated heterocycles. The lowest BCUT2D eigenvalue weighted by molar-refractivity contribution is -0.141. The van der Waals surface area contributed by atoms with Gasteiger partial charge in [-0.1, -0.05) is 52.3 Å². The molecule has 0 aromatic heterocycles. The minimum absolute atomic E-state index is 0.141. The summed E-state index contributed by atoms with van der Waals surface area (Å²) < 4.78 is 6.16. The van der Waals surface area contributed by atoms with Crippen molar-refractivity contribution in [3.05, 3.63) is 70.2 Å². The van der Waals surface area contributed by atoms with Crippen molar-refractivity contribution in [2.24, 2.45) is 0 Å². The van der Waals surface area contributed by atoms with E-state index in [0.717, 1.165) is 24.1 Å². The van der Waals surface area contributed by atoms with E-state index < -0.39 is 12.1 Å². The van der Waals surface area contributed by atoms with Gasteiger partial charge in [-0.15, -0.1) is 0 Å². The van der Waals surface area contributed by atoms with Gasteiger partial charge in [-0.25, -0.2) is 4.79 Å². The molecule has 1 heterocycles. The molecule has 0 aliphatic carbocycles. The Hall–Kier alpha value is -2.18. The average molecular weight is 431 g/mol. The number of nitrogens with zero attached hydrogens (tertiary/aromatic N) is 2. The van der Waals surface area contributed by atoms with Crippen molar-refractivity contribution in [2.45, 2.75) is 19.6 Å². The fraction of sp³-hybridized carbons (Fsp3) is 0.333. The summed E-state index contributed by atoms with van der Waals surface area (Å²) in [5.74, 6) is -0.627. The molecule has 0 bridgehead atoms. The van der Waals surface area contributed by atoms with Gasteiger partial charge in [-0.05, 0) is 30.7 Å². The number of ether oxygens (including phenoxy) is 1. The van der Waals surface area contributed by atoms with E-state index in [9.17, 15) is 9.59 Å². The number of esters is 1. The number of benzene rings is 2. The molecule has 6 heteroatoms. The van der Waals surface area contributed by atoms with Crippen molar-refractivity contribution in [1.29, 1.82) is 0 Å². The van der Waals surface area contributed by atoms with Crippen LogP contribution in [0.2, 0.25) is 0 Å². The van der Waals surface area contributed by atoms with Gasteiger partial charge in [0.15, 0.2) is 6.10 Å². The first-order valence-corrected chi connectivity index (χ1v) is 9.84. The highest BCUT2D eigenvalue weighted by atomic mass is 79.9. The predicted octanol–water partition coefficient (Wildman–Crippen LogP) is 3.34. The molecule has 0 spiro atoms. The number of hydrogen-bond donors (Lipinski definition) is 0. The third-order valence-corrected chi connectivity index (χ3v) is 5.12. The molecular formula is C21H23BrN2O3. The van der Waals surface area contributed by atoms with E-state index in [0.29, 0.717) is 18.7 Å². The van der Waals surface area contributed by atoms with Crippen LogP contribution in [0.1, 0.15) is 22.8 Å². The van der Waals surface area contributed by atoms with Crippen LogP contribution < -0.4 is 0 Å². The third kappa shape index (κ3) is 5.40. The Balaban J connectivity index is 1.49. The summed E-state index contributed by atoms with van der Waals surface area (Å²) in [6, 6.07) is 17.3. The zero-order chi connectivity index (χ0) is 19.2. The smallest absolute Gasteiger partial charge is 0.338 e. The molecule has 1 aliphatic rings. The highest BCUT2D eigenvalue weighted by Crippen LogP contribution is 2.14. The van der Waals surface area contributed by atoms with Gasteiger partial charge in [-0.2, -0.15) is 0 Å². The maximum absolute atomic E-state index is 12.6. The molecule has 0 saturated carbocycles. The maximum Gasteiger partial charge on any atom is 0.338 e. The van der Waals surface area contributed by atoms with Gasteiger partial charge in [0.05, 0.1) is 5.56 Å². The molecule has 1 atom stereocenters. The van der Waals surface area contributed by atoms with Crippen LogP contribution in [0.3, 0.4) is 0 Å². The summed E-state index contributed by atoms with van der Waals surface area (Å²) in [7, 11) is 0. The van der Waals surface area contributed by atoms with Gasteiger partial charge in [-0.3, -0.25) is 9.69 Å². The molecule has 1 aliphatic heterocycles. The first kappa shape index (κ1) is 19.6. The van der Waals surface area contributed by atoms with Gasteiger partial charge in [0.1, 0.15) is 0 Å². The predicted molar refractivity (Wildman–Crippen MR) is 107 cm³/mol. The number of hydrogen-bond acceptors (Lipinski definition) is 4. The van der Waals surface area contributed by atoms with E-state index in [4.69, 9.17) is 4.74 Å². The second kappa shape index (κ2) is 9.15. The minimum Gasteiger partial charge on any atom is -0.449 e. The summed E-state index contributed by atoms with van der Waals surface area (Å²) in [6.07, 6.45) is -0.794. The van der Waals surface area contributed by atoms with Crippen LogP contribution in [0.4, 0.5) is 0 Å². The monoisotopic (exact) mass is 430 g/mol. The van der Waals surface area contributed by atoms with Crippen LogP contribution in [0.15, 0.2) is 59.1 Å². The van der Waals surface area contributed by atoms with Crippen molar-refractivity contribution in [3.8, 4) is 0 Å². The first-order chi connectivity index (χ1) is 13.0. The largest absolute Gasteiger partial charge is 0.449 e. The lowest BCUT2D eigenvalue weighted by Gasteiger charge is -2.35. The first-order valence-electron chi connectivity index (χ1n) is 9.04. The van der Waals surface area contributed by atoms with E-state index in [1.807, 2.05) is 24.3 Å². The Kier molecular flexibility index (Phi) is 6.63. The molecule has 5 nitrogen and oxygen atoms in total. The third-order valence-electron chi connectivity index (χ3n) is 4.62. The van der Waals surface area contributed by atoms with E-state index >= 15 is 0 Å². The Morgan fingerprint density at radius 3 is 2.41 bits per heavy atom. The van der Waals surface area contributed by atoms with Crippen LogP contribution >= 0.6 is 15.9 Å². The van der Waals surface area contributed by atoms with E-state index in [-0.39, 0.29) is 5.91 Å². The lowest BCUT2D eigenvalue weighted by Crippen LogP contribution is -2.51. The molecule has 1 unspecified atom stereocenters. The fourth-order valence-corrected chi connectivity index (χ4v) is 3.52. The van der Waals surface area contributed by atoms with Gasteiger partial charge >= 0.3 is 5.97 Å². The number of carbonyl (C=O) groups excluding carboxylic acids is 2. The standard InChI is InChI=1S/C21H23BrN2O3/c1-16(27-21(26)18-8-5-9-19(22)14-18)20(25)24-12-10-23(11-13-24)15-17-6-3-2-4-7-17/h2-9,14,16H,10-13,15H2,1H3. The second-order valence-electron chi connectivity index (χ2n) is 6.64. The number of carbonyl (C=O) groups is 2. The quantitative estimate of drug-likeness (QED) is 0.682. The molecule has 3 rings (SSSR count). The Bertz CT molecular complexity index is 789. The Morgan fingerprint density at radius 2 is 1.74 bits per heavy atom. The normalized spacial score (nSPS) is 16.0. The molecule has 1 amide bonds. The molecule has 2 aromatic rings. The molecule has 27 heavy (non-hydrogen) atoms. The van der Waals surface area contributed by atoms with Crippen LogP contribution in [-0.2, 0) is 16.1 Å². The molecule has 1 fully saturated rings. The van der Waals surface area contributed by atoms with Gasteiger partial charge in [0.2, 0.25) is 0 Å². The van der Waals surface area contributed by atoms with Crippen molar-refractivity contribution in [1.82, 2.24) is 9.80 Å². The molecular weight excluding hydrogens is 408 g/mol. The van der Waals surface area contributed by atoms with Gasteiger partial charge in [0, 0.05) is 37.2 Å². The minimum atomic E-state index is -0.794. The van der Waals surface area contributed by atoms with Crippen LogP contribution in [-0.4, -0.2) is 54.0 Å². The number of halogens is 1. The Morgan fingerprint density at radius 1 is 1.04 bits per heavy atom. The molecule has 0 N–H and O–H groups in total. The van der Waals surface area contributed by atoms with Crippen LogP contribution in [0, 0.1) is 0 Å². The van der Waals surface area contributed by atoms with Crippen LogP contribution in [0.5, 0.6) is 0 Å². The zero-order valence-corrected chi connectivity index (χ0v) is 16.9. The van der Waals surface area contributed by atoms with Crippen molar-refractivity contribution >= 4 is 27.8 Å². The Labute approximate surface area is 168 Å². The number of amides is 1. The summed E-state index contributed by atoms with van der Waals surface area (Å²) in [4.78, 5) is 29.0. The van der Waals surface area contributed by atoms with E-state index in [2.05, 4.69) is 33.0 Å². The summed E-state index contributed by atoms with van der Waals surface area (Å²) in [5.41, 5.74) is 1.70. The molecule has 2 aromatic carbocycles. The number of rotatable bonds is 5. The summed E-state index contributed by atoms with van der Waals surface area (Å²) in [6.45, 7) is 5.43. The van der Waals surface area contributed by atoms with Gasteiger partial charge in [0.25, 0.3) is 5.91 Å². The second-order valence-corrected chi connectivity index (χ2v) is 7.56. The highest BCUT2D eigenvalue weighted by molar-refractivity contribution is 9.10.